The van der Waals surface area contributed by atoms with E-state index in [1.165, 1.54) is 5.56 Å². The number of nitrogens with two attached hydrogens (primary N) is 1. The summed E-state index contributed by atoms with van der Waals surface area (Å²) in [7, 11) is 0. The number of nitrogens with zero attached hydrogens (tertiary/aromatic N) is 5. The van der Waals surface area contributed by atoms with Gasteiger partial charge in [0.25, 0.3) is 5.95 Å². The maximum atomic E-state index is 8.76. The van der Waals surface area contributed by atoms with Gasteiger partial charge in [-0.05, 0) is 38.8 Å². The SMILES string of the molecule is CCc1c(C)nn(-c2nc(C)cc(/C(N)=N/O)n2)c1C. The minimum Gasteiger partial charge on any atom is -0.409 e. The van der Waals surface area contributed by atoms with Crippen LogP contribution in [-0.2, 0) is 6.42 Å². The van der Waals surface area contributed by atoms with E-state index in [1.54, 1.807) is 10.7 Å². The molecule has 7 nitrogen and oxygen atoms in total. The second kappa shape index (κ2) is 5.28. The predicted molar refractivity (Wildman–Crippen MR) is 75.3 cm³/mol. The lowest BCUT2D eigenvalue weighted by Gasteiger charge is -2.06. The van der Waals surface area contributed by atoms with Gasteiger partial charge >= 0.3 is 0 Å². The fourth-order valence-electron chi connectivity index (χ4n) is 2.21. The summed E-state index contributed by atoms with van der Waals surface area (Å²) in [5, 5.41) is 16.2. The molecule has 2 aromatic rings. The largest absolute Gasteiger partial charge is 0.409 e. The highest BCUT2D eigenvalue weighted by atomic mass is 16.4. The molecule has 2 heterocycles. The van der Waals surface area contributed by atoms with Gasteiger partial charge in [-0.1, -0.05) is 12.1 Å². The average Bonchev–Trinajstić information content (AvgIpc) is 2.71. The monoisotopic (exact) mass is 274 g/mol. The first kappa shape index (κ1) is 14.0. The van der Waals surface area contributed by atoms with E-state index in [0.29, 0.717) is 11.6 Å². The van der Waals surface area contributed by atoms with Crippen molar-refractivity contribution < 1.29 is 5.21 Å². The van der Waals surface area contributed by atoms with Crippen LogP contribution in [0.1, 0.15) is 35.3 Å². The van der Waals surface area contributed by atoms with Crippen molar-refractivity contribution in [2.45, 2.75) is 34.1 Å². The molecule has 0 aliphatic carbocycles. The van der Waals surface area contributed by atoms with Gasteiger partial charge in [0.15, 0.2) is 5.84 Å². The van der Waals surface area contributed by atoms with E-state index in [1.807, 2.05) is 20.8 Å². The number of aromatic nitrogens is 4. The van der Waals surface area contributed by atoms with Crippen molar-refractivity contribution in [3.8, 4) is 5.95 Å². The lowest BCUT2D eigenvalue weighted by molar-refractivity contribution is 0.318. The van der Waals surface area contributed by atoms with Gasteiger partial charge in [-0.15, -0.1) is 0 Å². The van der Waals surface area contributed by atoms with Crippen LogP contribution in [0.25, 0.3) is 5.95 Å². The third-order valence-electron chi connectivity index (χ3n) is 3.20. The van der Waals surface area contributed by atoms with Crippen molar-refractivity contribution >= 4 is 5.84 Å². The lowest BCUT2D eigenvalue weighted by atomic mass is 10.1. The molecular formula is C13H18N6O. The van der Waals surface area contributed by atoms with Crippen molar-refractivity contribution in [2.75, 3.05) is 0 Å². The minimum absolute atomic E-state index is 0.0472. The fraction of sp³-hybridized carbons (Fsp3) is 0.385. The number of amidine groups is 1. The summed E-state index contributed by atoms with van der Waals surface area (Å²) in [5.41, 5.74) is 9.83. The van der Waals surface area contributed by atoms with Gasteiger partial charge in [-0.3, -0.25) is 0 Å². The van der Waals surface area contributed by atoms with Gasteiger partial charge in [-0.2, -0.15) is 5.10 Å². The summed E-state index contributed by atoms with van der Waals surface area (Å²) in [5.74, 6) is 0.376. The molecule has 3 N–H and O–H groups in total. The summed E-state index contributed by atoms with van der Waals surface area (Å²) in [6.07, 6.45) is 0.899. The first-order chi connectivity index (χ1) is 9.47. The van der Waals surface area contributed by atoms with E-state index in [9.17, 15) is 0 Å². The Morgan fingerprint density at radius 2 is 2.05 bits per heavy atom. The second-order valence-electron chi connectivity index (χ2n) is 4.59. The van der Waals surface area contributed by atoms with E-state index >= 15 is 0 Å². The van der Waals surface area contributed by atoms with E-state index in [-0.39, 0.29) is 5.84 Å². The average molecular weight is 274 g/mol. The summed E-state index contributed by atoms with van der Waals surface area (Å²) in [6.45, 7) is 7.85. The molecule has 0 spiro atoms. The van der Waals surface area contributed by atoms with Crippen molar-refractivity contribution in [2.24, 2.45) is 10.9 Å². The summed E-state index contributed by atoms with van der Waals surface area (Å²) in [6, 6.07) is 1.66. The zero-order chi connectivity index (χ0) is 14.9. The second-order valence-corrected chi connectivity index (χ2v) is 4.59. The van der Waals surface area contributed by atoms with Crippen LogP contribution in [0.3, 0.4) is 0 Å². The zero-order valence-corrected chi connectivity index (χ0v) is 12.0. The maximum Gasteiger partial charge on any atom is 0.251 e. The van der Waals surface area contributed by atoms with Crippen LogP contribution in [0, 0.1) is 20.8 Å². The number of aryl methyl sites for hydroxylation is 2. The van der Waals surface area contributed by atoms with Gasteiger partial charge in [0, 0.05) is 11.4 Å². The first-order valence-electron chi connectivity index (χ1n) is 6.37. The summed E-state index contributed by atoms with van der Waals surface area (Å²) >= 11 is 0. The molecule has 0 unspecified atom stereocenters. The molecular weight excluding hydrogens is 256 g/mol. The van der Waals surface area contributed by atoms with E-state index in [4.69, 9.17) is 10.9 Å². The van der Waals surface area contributed by atoms with Gasteiger partial charge in [0.2, 0.25) is 0 Å². The van der Waals surface area contributed by atoms with Crippen LogP contribution in [0.4, 0.5) is 0 Å². The Kier molecular flexibility index (Phi) is 3.69. The molecule has 0 aliphatic heterocycles. The van der Waals surface area contributed by atoms with E-state index < -0.39 is 0 Å². The van der Waals surface area contributed by atoms with Crippen LogP contribution >= 0.6 is 0 Å². The van der Waals surface area contributed by atoms with Gasteiger partial charge in [-0.25, -0.2) is 14.6 Å². The molecule has 7 heteroatoms. The molecule has 20 heavy (non-hydrogen) atoms. The third kappa shape index (κ3) is 2.34. The number of oxime groups is 1. The molecule has 2 aromatic heterocycles. The Labute approximate surface area is 117 Å². The molecule has 0 fully saturated rings. The van der Waals surface area contributed by atoms with Gasteiger partial charge in [0.1, 0.15) is 5.69 Å². The fourth-order valence-corrected chi connectivity index (χ4v) is 2.21. The zero-order valence-electron chi connectivity index (χ0n) is 12.0. The number of hydrogen-bond acceptors (Lipinski definition) is 5. The number of rotatable bonds is 3. The van der Waals surface area contributed by atoms with Crippen LogP contribution in [0.2, 0.25) is 0 Å². The third-order valence-corrected chi connectivity index (χ3v) is 3.20. The summed E-state index contributed by atoms with van der Waals surface area (Å²) < 4.78 is 1.69. The van der Waals surface area contributed by atoms with Crippen LogP contribution in [0.5, 0.6) is 0 Å². The molecule has 0 saturated carbocycles. The highest BCUT2D eigenvalue weighted by molar-refractivity contribution is 5.95. The van der Waals surface area contributed by atoms with Crippen molar-refractivity contribution in [1.82, 2.24) is 19.7 Å². The van der Waals surface area contributed by atoms with Crippen LogP contribution < -0.4 is 5.73 Å². The van der Waals surface area contributed by atoms with Crippen molar-refractivity contribution in [3.05, 3.63) is 34.4 Å². The Balaban J connectivity index is 2.61. The molecule has 0 aromatic carbocycles. The summed E-state index contributed by atoms with van der Waals surface area (Å²) in [4.78, 5) is 8.67. The molecule has 0 aliphatic rings. The topological polar surface area (TPSA) is 102 Å². The lowest BCUT2D eigenvalue weighted by Crippen LogP contribution is -2.18. The highest BCUT2D eigenvalue weighted by Gasteiger charge is 2.15. The smallest absolute Gasteiger partial charge is 0.251 e. The molecule has 0 atom stereocenters. The molecule has 2 rings (SSSR count). The molecule has 106 valence electrons. The van der Waals surface area contributed by atoms with Crippen molar-refractivity contribution in [1.29, 1.82) is 0 Å². The Hall–Kier alpha value is -2.44. The van der Waals surface area contributed by atoms with E-state index in [0.717, 1.165) is 23.5 Å². The Morgan fingerprint density at radius 1 is 1.35 bits per heavy atom. The van der Waals surface area contributed by atoms with E-state index in [2.05, 4.69) is 27.1 Å². The molecule has 0 amide bonds. The van der Waals surface area contributed by atoms with Crippen LogP contribution in [-0.4, -0.2) is 30.8 Å². The first-order valence-corrected chi connectivity index (χ1v) is 6.37. The minimum atomic E-state index is -0.0472. The molecule has 0 bridgehead atoms. The van der Waals surface area contributed by atoms with Gasteiger partial charge in [0.05, 0.1) is 5.69 Å². The normalized spacial score (nSPS) is 11.9. The van der Waals surface area contributed by atoms with Crippen LogP contribution in [0.15, 0.2) is 11.2 Å². The predicted octanol–water partition coefficient (Wildman–Crippen LogP) is 1.24. The standard InChI is InChI=1S/C13H18N6O/c1-5-10-8(3)17-19(9(10)4)13-15-7(2)6-11(16-13)12(14)18-20/h6,20H,5H2,1-4H3,(H2,14,18). The highest BCUT2D eigenvalue weighted by Crippen LogP contribution is 2.16. The maximum absolute atomic E-state index is 8.76. The molecule has 0 radical (unpaired) electrons. The molecule has 0 saturated heterocycles. The number of hydrogen-bond donors (Lipinski definition) is 2. The van der Waals surface area contributed by atoms with Gasteiger partial charge < -0.3 is 10.9 Å². The quantitative estimate of drug-likeness (QED) is 0.379. The Morgan fingerprint density at radius 3 is 2.60 bits per heavy atom. The van der Waals surface area contributed by atoms with Crippen molar-refractivity contribution in [3.63, 3.8) is 0 Å². The Bertz CT molecular complexity index is 674.